The van der Waals surface area contributed by atoms with Gasteiger partial charge in [0.1, 0.15) is 0 Å². The molecule has 2 heterocycles. The van der Waals surface area contributed by atoms with Gasteiger partial charge in [-0.1, -0.05) is 24.3 Å². The zero-order valence-corrected chi connectivity index (χ0v) is 16.2. The summed E-state index contributed by atoms with van der Waals surface area (Å²) in [6.07, 6.45) is 0.829. The summed E-state index contributed by atoms with van der Waals surface area (Å²) in [6.45, 7) is 5.36. The minimum atomic E-state index is -0.0911. The molecular weight excluding hydrogens is 352 g/mol. The number of anilines is 2. The Balaban J connectivity index is 1.39. The number of benzene rings is 2. The van der Waals surface area contributed by atoms with Crippen molar-refractivity contribution in [1.82, 2.24) is 9.80 Å². The normalized spacial score (nSPS) is 20.6. The first-order valence-electron chi connectivity index (χ1n) is 9.80. The number of rotatable bonds is 3. The van der Waals surface area contributed by atoms with E-state index in [1.54, 1.807) is 6.07 Å². The molecule has 2 saturated heterocycles. The van der Waals surface area contributed by atoms with Gasteiger partial charge in [0, 0.05) is 49.7 Å². The zero-order chi connectivity index (χ0) is 19.7. The van der Waals surface area contributed by atoms with Crippen molar-refractivity contribution < 1.29 is 9.59 Å². The maximum absolute atomic E-state index is 12.9. The second kappa shape index (κ2) is 7.64. The van der Waals surface area contributed by atoms with Crippen LogP contribution in [0.25, 0.3) is 0 Å². The van der Waals surface area contributed by atoms with Gasteiger partial charge in [-0.2, -0.15) is 0 Å². The number of nitrogens with two attached hydrogens (primary N) is 1. The largest absolute Gasteiger partial charge is 0.399 e. The molecule has 2 aliphatic rings. The van der Waals surface area contributed by atoms with Crippen molar-refractivity contribution in [3.8, 4) is 0 Å². The molecule has 2 fully saturated rings. The molecule has 6 heteroatoms. The average molecular weight is 378 g/mol. The average Bonchev–Trinajstić information content (AvgIpc) is 3.11. The minimum Gasteiger partial charge on any atom is -0.399 e. The van der Waals surface area contributed by atoms with Crippen LogP contribution in [-0.4, -0.2) is 60.4 Å². The molecule has 2 N–H and O–H groups in total. The van der Waals surface area contributed by atoms with Gasteiger partial charge in [-0.15, -0.1) is 0 Å². The van der Waals surface area contributed by atoms with Crippen molar-refractivity contribution in [3.63, 3.8) is 0 Å². The van der Waals surface area contributed by atoms with Gasteiger partial charge >= 0.3 is 0 Å². The molecule has 1 unspecified atom stereocenters. The van der Waals surface area contributed by atoms with Crippen LogP contribution in [0.15, 0.2) is 48.5 Å². The molecular formula is C22H26N4O2. The number of hydrogen-bond donors (Lipinski definition) is 1. The van der Waals surface area contributed by atoms with Gasteiger partial charge < -0.3 is 15.5 Å². The molecule has 0 bridgehead atoms. The molecule has 1 atom stereocenters. The fourth-order valence-corrected chi connectivity index (χ4v) is 4.15. The molecule has 0 aliphatic carbocycles. The summed E-state index contributed by atoms with van der Waals surface area (Å²) in [4.78, 5) is 31.8. The highest BCUT2D eigenvalue weighted by molar-refractivity contribution is 5.99. The summed E-state index contributed by atoms with van der Waals surface area (Å²) in [5, 5.41) is 0. The molecule has 0 aromatic heterocycles. The van der Waals surface area contributed by atoms with E-state index in [1.165, 1.54) is 0 Å². The first-order chi connectivity index (χ1) is 13.5. The van der Waals surface area contributed by atoms with Crippen molar-refractivity contribution in [1.29, 1.82) is 0 Å². The second-order valence-electron chi connectivity index (χ2n) is 7.53. The Kier molecular flexibility index (Phi) is 5.05. The van der Waals surface area contributed by atoms with E-state index in [9.17, 15) is 9.59 Å². The molecule has 0 saturated carbocycles. The maximum Gasteiger partial charge on any atom is 0.254 e. The lowest BCUT2D eigenvalue weighted by Gasteiger charge is -2.37. The molecule has 28 heavy (non-hydrogen) atoms. The predicted octanol–water partition coefficient (Wildman–Crippen LogP) is 2.14. The fraction of sp³-hybridized carbons (Fsp3) is 0.364. The van der Waals surface area contributed by atoms with Crippen molar-refractivity contribution >= 4 is 23.2 Å². The van der Waals surface area contributed by atoms with Gasteiger partial charge in [0.05, 0.1) is 6.04 Å². The van der Waals surface area contributed by atoms with Gasteiger partial charge in [0.25, 0.3) is 5.91 Å². The summed E-state index contributed by atoms with van der Waals surface area (Å²) < 4.78 is 0. The highest BCUT2D eigenvalue weighted by Gasteiger charge is 2.38. The van der Waals surface area contributed by atoms with E-state index in [4.69, 9.17) is 5.73 Å². The summed E-state index contributed by atoms with van der Waals surface area (Å²) in [7, 11) is 0. The third-order valence-corrected chi connectivity index (χ3v) is 5.78. The lowest BCUT2D eigenvalue weighted by molar-refractivity contribution is -0.122. The standard InChI is InChI=1S/C22H26N4O2/c1-16-7-8-17(23)15-19(16)21(27)25-13-11-24(12-14-25)20-9-10-26(22(20)28)18-5-3-2-4-6-18/h2-8,15,20H,9-14,23H2,1H3. The van der Waals surface area contributed by atoms with E-state index >= 15 is 0 Å². The second-order valence-corrected chi connectivity index (χ2v) is 7.53. The summed E-state index contributed by atoms with van der Waals surface area (Å²) >= 11 is 0. The first-order valence-corrected chi connectivity index (χ1v) is 9.80. The van der Waals surface area contributed by atoms with Crippen LogP contribution in [0.3, 0.4) is 0 Å². The van der Waals surface area contributed by atoms with Crippen LogP contribution < -0.4 is 10.6 Å². The van der Waals surface area contributed by atoms with Crippen LogP contribution in [0.2, 0.25) is 0 Å². The number of nitrogens with zero attached hydrogens (tertiary/aromatic N) is 3. The van der Waals surface area contributed by atoms with Crippen LogP contribution in [0, 0.1) is 6.92 Å². The Hall–Kier alpha value is -2.86. The molecule has 6 nitrogen and oxygen atoms in total. The number of amides is 2. The molecule has 0 spiro atoms. The number of carbonyl (C=O) groups is 2. The van der Waals surface area contributed by atoms with Crippen molar-refractivity contribution in [3.05, 3.63) is 59.7 Å². The topological polar surface area (TPSA) is 69.9 Å². The lowest BCUT2D eigenvalue weighted by Crippen LogP contribution is -2.53. The van der Waals surface area contributed by atoms with E-state index in [1.807, 2.05) is 59.2 Å². The van der Waals surface area contributed by atoms with Crippen LogP contribution >= 0.6 is 0 Å². The highest BCUT2D eigenvalue weighted by atomic mass is 16.2. The number of piperazine rings is 1. The van der Waals surface area contributed by atoms with Gasteiger partial charge in [0.15, 0.2) is 0 Å². The quantitative estimate of drug-likeness (QED) is 0.831. The lowest BCUT2D eigenvalue weighted by atomic mass is 10.1. The third kappa shape index (κ3) is 3.47. The molecule has 2 aliphatic heterocycles. The van der Waals surface area contributed by atoms with E-state index in [0.29, 0.717) is 37.4 Å². The number of aryl methyl sites for hydroxylation is 1. The zero-order valence-electron chi connectivity index (χ0n) is 16.2. The minimum absolute atomic E-state index is 0.0214. The van der Waals surface area contributed by atoms with E-state index < -0.39 is 0 Å². The molecule has 4 rings (SSSR count). The van der Waals surface area contributed by atoms with Gasteiger partial charge in [-0.3, -0.25) is 14.5 Å². The Labute approximate surface area is 165 Å². The Morgan fingerprint density at radius 3 is 2.43 bits per heavy atom. The Morgan fingerprint density at radius 1 is 1.00 bits per heavy atom. The van der Waals surface area contributed by atoms with Crippen molar-refractivity contribution in [2.45, 2.75) is 19.4 Å². The van der Waals surface area contributed by atoms with Crippen molar-refractivity contribution in [2.75, 3.05) is 43.4 Å². The summed E-state index contributed by atoms with van der Waals surface area (Å²) in [5.74, 6) is 0.186. The van der Waals surface area contributed by atoms with Crippen molar-refractivity contribution in [2.24, 2.45) is 0 Å². The first kappa shape index (κ1) is 18.5. The van der Waals surface area contributed by atoms with E-state index in [0.717, 1.165) is 24.2 Å². The molecule has 146 valence electrons. The van der Waals surface area contributed by atoms with Crippen LogP contribution in [0.4, 0.5) is 11.4 Å². The predicted molar refractivity (Wildman–Crippen MR) is 110 cm³/mol. The highest BCUT2D eigenvalue weighted by Crippen LogP contribution is 2.25. The smallest absolute Gasteiger partial charge is 0.254 e. The van der Waals surface area contributed by atoms with Crippen LogP contribution in [0.1, 0.15) is 22.3 Å². The van der Waals surface area contributed by atoms with E-state index in [-0.39, 0.29) is 17.9 Å². The number of hydrogen-bond acceptors (Lipinski definition) is 4. The van der Waals surface area contributed by atoms with Crippen LogP contribution in [0.5, 0.6) is 0 Å². The molecule has 0 radical (unpaired) electrons. The SMILES string of the molecule is Cc1ccc(N)cc1C(=O)N1CCN(C2CCN(c3ccccc3)C2=O)CC1. The molecule has 2 aromatic rings. The Bertz CT molecular complexity index is 875. The molecule has 2 amide bonds. The fourth-order valence-electron chi connectivity index (χ4n) is 4.15. The summed E-state index contributed by atoms with van der Waals surface area (Å²) in [5.41, 5.74) is 9.02. The maximum atomic E-state index is 12.9. The Morgan fingerprint density at radius 2 is 1.71 bits per heavy atom. The van der Waals surface area contributed by atoms with Gasteiger partial charge in [-0.05, 0) is 43.2 Å². The number of nitrogen functional groups attached to an aromatic ring is 1. The van der Waals surface area contributed by atoms with E-state index in [2.05, 4.69) is 4.90 Å². The number of para-hydroxylation sites is 1. The third-order valence-electron chi connectivity index (χ3n) is 5.78. The van der Waals surface area contributed by atoms with Gasteiger partial charge in [0.2, 0.25) is 5.91 Å². The monoisotopic (exact) mass is 378 g/mol. The summed E-state index contributed by atoms with van der Waals surface area (Å²) in [6, 6.07) is 15.2. The molecule has 2 aromatic carbocycles. The number of carbonyl (C=O) groups excluding carboxylic acids is 2. The van der Waals surface area contributed by atoms with Crippen LogP contribution in [-0.2, 0) is 4.79 Å². The van der Waals surface area contributed by atoms with Gasteiger partial charge in [-0.25, -0.2) is 0 Å².